The first-order valence-electron chi connectivity index (χ1n) is 11.5. The van der Waals surface area contributed by atoms with E-state index in [0.717, 1.165) is 22.3 Å². The molecule has 0 saturated carbocycles. The van der Waals surface area contributed by atoms with Crippen molar-refractivity contribution >= 4 is 29.8 Å². The zero-order valence-electron chi connectivity index (χ0n) is 20.2. The summed E-state index contributed by atoms with van der Waals surface area (Å²) >= 11 is 1.28. The first-order chi connectivity index (χ1) is 16.6. The molecule has 0 fully saturated rings. The molecule has 0 spiro atoms. The summed E-state index contributed by atoms with van der Waals surface area (Å²) in [4.78, 5) is 36.0. The first kappa shape index (κ1) is 26.6. The first-order valence-corrected chi connectivity index (χ1v) is 12.6. The fourth-order valence-corrected chi connectivity index (χ4v) is 4.91. The molecular weight excluding hydrogens is 468 g/mol. The molecule has 1 unspecified atom stereocenters. The number of benzene rings is 2. The van der Waals surface area contributed by atoms with E-state index < -0.39 is 35.7 Å². The summed E-state index contributed by atoms with van der Waals surface area (Å²) in [6.07, 6.45) is -0.457. The minimum Gasteiger partial charge on any atom is -0.480 e. The third kappa shape index (κ3) is 7.22. The Kier molecular flexibility index (Phi) is 8.80. The molecule has 0 bridgehead atoms. The summed E-state index contributed by atoms with van der Waals surface area (Å²) in [5.41, 5.74) is 9.61. The highest BCUT2D eigenvalue weighted by molar-refractivity contribution is 7.99. The van der Waals surface area contributed by atoms with Crippen LogP contribution in [0.1, 0.15) is 44.2 Å². The number of nitrogens with two attached hydrogens (primary N) is 1. The number of amides is 1. The van der Waals surface area contributed by atoms with Crippen molar-refractivity contribution < 1.29 is 29.0 Å². The van der Waals surface area contributed by atoms with Crippen LogP contribution in [0.25, 0.3) is 11.1 Å². The number of carbonyl (C=O) groups excluding carboxylic acids is 2. The van der Waals surface area contributed by atoms with Crippen LogP contribution in [-0.4, -0.2) is 58.9 Å². The highest BCUT2D eigenvalue weighted by atomic mass is 32.2. The zero-order valence-corrected chi connectivity index (χ0v) is 21.0. The standard InChI is InChI=1S/C26H32N2O6S/c1-26(2,3)34-24(31)21(27)12-13-35-15-22(23(29)30)28-25(32)33-14-20-18-10-6-4-8-16(18)17-9-5-7-11-19(17)20/h4-11,20-22H,12-15,27H2,1-3H3,(H,28,32)(H,29,30)/t21?,22-/m0/s1. The molecule has 1 aliphatic rings. The zero-order chi connectivity index (χ0) is 25.6. The van der Waals surface area contributed by atoms with E-state index in [1.807, 2.05) is 48.5 Å². The molecule has 1 amide bonds. The molecule has 2 aromatic carbocycles. The molecule has 2 atom stereocenters. The fourth-order valence-electron chi connectivity index (χ4n) is 3.86. The van der Waals surface area contributed by atoms with Crippen molar-refractivity contribution in [1.29, 1.82) is 0 Å². The van der Waals surface area contributed by atoms with Crippen molar-refractivity contribution in [2.45, 2.75) is 50.8 Å². The number of rotatable bonds is 10. The van der Waals surface area contributed by atoms with Crippen molar-refractivity contribution in [3.63, 3.8) is 0 Å². The number of esters is 1. The van der Waals surface area contributed by atoms with Crippen molar-refractivity contribution in [3.05, 3.63) is 59.7 Å². The van der Waals surface area contributed by atoms with Gasteiger partial charge in [0.25, 0.3) is 0 Å². The maximum absolute atomic E-state index is 12.4. The number of fused-ring (bicyclic) bond motifs is 3. The van der Waals surface area contributed by atoms with Gasteiger partial charge in [-0.25, -0.2) is 9.59 Å². The van der Waals surface area contributed by atoms with Gasteiger partial charge in [0, 0.05) is 11.7 Å². The van der Waals surface area contributed by atoms with Crippen LogP contribution in [0.5, 0.6) is 0 Å². The fraction of sp³-hybridized carbons (Fsp3) is 0.423. The molecule has 0 saturated heterocycles. The summed E-state index contributed by atoms with van der Waals surface area (Å²) in [5.74, 6) is -1.22. The van der Waals surface area contributed by atoms with Crippen molar-refractivity contribution in [1.82, 2.24) is 5.32 Å². The van der Waals surface area contributed by atoms with Gasteiger partial charge in [-0.3, -0.25) is 4.79 Å². The Morgan fingerprint density at radius 3 is 2.17 bits per heavy atom. The monoisotopic (exact) mass is 500 g/mol. The number of alkyl carbamates (subject to hydrolysis) is 1. The molecule has 1 aliphatic carbocycles. The van der Waals surface area contributed by atoms with E-state index in [2.05, 4.69) is 5.32 Å². The number of carbonyl (C=O) groups is 3. The van der Waals surface area contributed by atoms with Crippen molar-refractivity contribution in [2.75, 3.05) is 18.1 Å². The molecule has 0 aliphatic heterocycles. The second-order valence-electron chi connectivity index (χ2n) is 9.36. The van der Waals surface area contributed by atoms with Crippen LogP contribution in [0, 0.1) is 0 Å². The molecule has 9 heteroatoms. The summed E-state index contributed by atoms with van der Waals surface area (Å²) in [6, 6.07) is 14.0. The number of carboxylic acid groups (broad SMARTS) is 1. The van der Waals surface area contributed by atoms with Crippen LogP contribution in [0.4, 0.5) is 4.79 Å². The predicted octanol–water partition coefficient (Wildman–Crippen LogP) is 3.77. The highest BCUT2D eigenvalue weighted by Crippen LogP contribution is 2.44. The molecule has 188 valence electrons. The molecule has 0 radical (unpaired) electrons. The van der Waals surface area contributed by atoms with E-state index in [1.54, 1.807) is 20.8 Å². The third-order valence-corrected chi connectivity index (χ3v) is 6.59. The molecule has 35 heavy (non-hydrogen) atoms. The Morgan fingerprint density at radius 1 is 1.06 bits per heavy atom. The number of hydrogen-bond acceptors (Lipinski definition) is 7. The second kappa shape index (κ2) is 11.6. The normalized spacial score (nSPS) is 14.4. The Morgan fingerprint density at radius 2 is 1.63 bits per heavy atom. The third-order valence-electron chi connectivity index (χ3n) is 5.50. The van der Waals surface area contributed by atoms with Crippen LogP contribution in [0.15, 0.2) is 48.5 Å². The van der Waals surface area contributed by atoms with E-state index in [0.29, 0.717) is 12.2 Å². The summed E-state index contributed by atoms with van der Waals surface area (Å²) in [6.45, 7) is 5.39. The van der Waals surface area contributed by atoms with Crippen LogP contribution in [-0.2, 0) is 19.1 Å². The number of nitrogens with one attached hydrogen (secondary N) is 1. The van der Waals surface area contributed by atoms with Crippen LogP contribution in [0.2, 0.25) is 0 Å². The van der Waals surface area contributed by atoms with E-state index in [9.17, 15) is 19.5 Å². The number of hydrogen-bond donors (Lipinski definition) is 3. The topological polar surface area (TPSA) is 128 Å². The molecule has 0 aromatic heterocycles. The summed E-state index contributed by atoms with van der Waals surface area (Å²) < 4.78 is 10.7. The molecule has 4 N–H and O–H groups in total. The number of thioether (sulfide) groups is 1. The lowest BCUT2D eigenvalue weighted by Gasteiger charge is -2.22. The molecule has 8 nitrogen and oxygen atoms in total. The average molecular weight is 501 g/mol. The van der Waals surface area contributed by atoms with Crippen molar-refractivity contribution in [3.8, 4) is 11.1 Å². The Labute approximate surface area is 209 Å². The Hall–Kier alpha value is -3.04. The van der Waals surface area contributed by atoms with Crippen LogP contribution < -0.4 is 11.1 Å². The van der Waals surface area contributed by atoms with Gasteiger partial charge in [0.1, 0.15) is 24.3 Å². The molecular formula is C26H32N2O6S. The summed E-state index contributed by atoms with van der Waals surface area (Å²) in [5, 5.41) is 11.9. The van der Waals surface area contributed by atoms with E-state index in [4.69, 9.17) is 15.2 Å². The van der Waals surface area contributed by atoms with Gasteiger partial charge in [0.2, 0.25) is 0 Å². The van der Waals surface area contributed by atoms with E-state index >= 15 is 0 Å². The predicted molar refractivity (Wildman–Crippen MR) is 135 cm³/mol. The second-order valence-corrected chi connectivity index (χ2v) is 10.5. The minimum atomic E-state index is -1.16. The SMILES string of the molecule is CC(C)(C)OC(=O)C(N)CCSC[C@H](NC(=O)OCC1c2ccccc2-c2ccccc21)C(=O)O. The van der Waals surface area contributed by atoms with Gasteiger partial charge >= 0.3 is 18.0 Å². The number of ether oxygens (including phenoxy) is 2. The van der Waals surface area contributed by atoms with Crippen LogP contribution in [0.3, 0.4) is 0 Å². The van der Waals surface area contributed by atoms with Gasteiger partial charge < -0.3 is 25.6 Å². The lowest BCUT2D eigenvalue weighted by molar-refractivity contribution is -0.156. The molecule has 0 heterocycles. The molecule has 2 aromatic rings. The maximum Gasteiger partial charge on any atom is 0.407 e. The summed E-state index contributed by atoms with van der Waals surface area (Å²) in [7, 11) is 0. The van der Waals surface area contributed by atoms with Crippen LogP contribution >= 0.6 is 11.8 Å². The lowest BCUT2D eigenvalue weighted by Crippen LogP contribution is -2.43. The van der Waals surface area contributed by atoms with E-state index in [-0.39, 0.29) is 18.3 Å². The largest absolute Gasteiger partial charge is 0.480 e. The minimum absolute atomic E-state index is 0.101. The van der Waals surface area contributed by atoms with Gasteiger partial charge in [0.05, 0.1) is 0 Å². The number of carboxylic acids is 1. The van der Waals surface area contributed by atoms with Gasteiger partial charge in [-0.1, -0.05) is 48.5 Å². The van der Waals surface area contributed by atoms with Gasteiger partial charge in [-0.2, -0.15) is 11.8 Å². The van der Waals surface area contributed by atoms with Gasteiger partial charge in [-0.15, -0.1) is 0 Å². The quantitative estimate of drug-likeness (QED) is 0.332. The van der Waals surface area contributed by atoms with E-state index in [1.165, 1.54) is 11.8 Å². The maximum atomic E-state index is 12.4. The highest BCUT2D eigenvalue weighted by Gasteiger charge is 2.30. The average Bonchev–Trinajstić information content (AvgIpc) is 3.12. The van der Waals surface area contributed by atoms with Gasteiger partial charge in [0.15, 0.2) is 0 Å². The Bertz CT molecular complexity index is 1020. The Balaban J connectivity index is 1.48. The number of aliphatic carboxylic acids is 1. The smallest absolute Gasteiger partial charge is 0.407 e. The molecule has 3 rings (SSSR count). The van der Waals surface area contributed by atoms with Crippen molar-refractivity contribution in [2.24, 2.45) is 5.73 Å². The van der Waals surface area contributed by atoms with Gasteiger partial charge in [-0.05, 0) is 55.2 Å². The lowest BCUT2D eigenvalue weighted by atomic mass is 9.98.